The normalized spacial score (nSPS) is 12.8. The third-order valence-corrected chi connectivity index (χ3v) is 4.16. The summed E-state index contributed by atoms with van der Waals surface area (Å²) in [7, 11) is 1.58. The van der Waals surface area contributed by atoms with Gasteiger partial charge in [-0.25, -0.2) is 4.79 Å². The van der Waals surface area contributed by atoms with Gasteiger partial charge in [-0.05, 0) is 35.4 Å². The summed E-state index contributed by atoms with van der Waals surface area (Å²) in [5, 5.41) is 13.4. The topological polar surface area (TPSA) is 58.6 Å². The molecule has 0 bridgehead atoms. The van der Waals surface area contributed by atoms with Crippen molar-refractivity contribution in [1.29, 1.82) is 0 Å². The molecule has 1 unspecified atom stereocenters. The molecule has 0 aliphatic rings. The monoisotopic (exact) mass is 333 g/mol. The number of hydrogen-bond donors (Lipinski definition) is 2. The summed E-state index contributed by atoms with van der Waals surface area (Å²) in [6.45, 7) is 0. The lowest BCUT2D eigenvalue weighted by molar-refractivity contribution is -0.141. The largest absolute Gasteiger partial charge is 0.497 e. The molecule has 0 saturated carbocycles. The highest BCUT2D eigenvalue weighted by Crippen LogP contribution is 2.35. The van der Waals surface area contributed by atoms with Crippen molar-refractivity contribution < 1.29 is 14.6 Å². The van der Waals surface area contributed by atoms with Gasteiger partial charge in [0.05, 0.1) is 7.11 Å². The first kappa shape index (κ1) is 16.6. The van der Waals surface area contributed by atoms with Crippen LogP contribution in [0.15, 0.2) is 84.9 Å². The number of carboxylic acid groups (broad SMARTS) is 1. The number of ether oxygens (including phenoxy) is 1. The first-order valence-corrected chi connectivity index (χ1v) is 7.93. The van der Waals surface area contributed by atoms with Crippen molar-refractivity contribution in [2.24, 2.45) is 0 Å². The molecule has 2 N–H and O–H groups in total. The summed E-state index contributed by atoms with van der Waals surface area (Å²) in [4.78, 5) is 12.5. The number of anilines is 1. The molecule has 0 aliphatic heterocycles. The highest BCUT2D eigenvalue weighted by atomic mass is 16.5. The van der Waals surface area contributed by atoms with E-state index in [-0.39, 0.29) is 0 Å². The fourth-order valence-corrected chi connectivity index (χ4v) is 2.88. The van der Waals surface area contributed by atoms with Gasteiger partial charge in [0.25, 0.3) is 0 Å². The van der Waals surface area contributed by atoms with Gasteiger partial charge in [0.1, 0.15) is 5.75 Å². The van der Waals surface area contributed by atoms with Gasteiger partial charge in [0, 0.05) is 5.69 Å². The van der Waals surface area contributed by atoms with Crippen molar-refractivity contribution in [3.05, 3.63) is 96.1 Å². The molecule has 0 radical (unpaired) electrons. The van der Waals surface area contributed by atoms with Crippen molar-refractivity contribution >= 4 is 11.7 Å². The highest BCUT2D eigenvalue weighted by Gasteiger charge is 2.42. The molecular weight excluding hydrogens is 314 g/mol. The molecule has 3 rings (SSSR count). The van der Waals surface area contributed by atoms with Crippen molar-refractivity contribution in [1.82, 2.24) is 0 Å². The maximum absolute atomic E-state index is 12.5. The second kappa shape index (κ2) is 7.09. The number of carbonyl (C=O) groups is 1. The molecule has 126 valence electrons. The van der Waals surface area contributed by atoms with Gasteiger partial charge in [-0.15, -0.1) is 0 Å². The first-order chi connectivity index (χ1) is 12.2. The molecule has 3 aromatic carbocycles. The Hall–Kier alpha value is -3.27. The molecule has 0 aliphatic carbocycles. The molecule has 1 atom stereocenters. The molecule has 4 heteroatoms. The zero-order valence-corrected chi connectivity index (χ0v) is 13.8. The SMILES string of the molecule is COc1ccc(C(Nc2ccccc2)(C(=O)O)c2ccccc2)cc1. The number of para-hydroxylation sites is 1. The molecule has 0 saturated heterocycles. The first-order valence-electron chi connectivity index (χ1n) is 7.93. The minimum Gasteiger partial charge on any atom is -0.497 e. The van der Waals surface area contributed by atoms with Crippen LogP contribution in [0.3, 0.4) is 0 Å². The molecule has 4 nitrogen and oxygen atoms in total. The van der Waals surface area contributed by atoms with Crippen LogP contribution in [-0.2, 0) is 10.3 Å². The van der Waals surface area contributed by atoms with Crippen molar-refractivity contribution in [3.8, 4) is 5.75 Å². The summed E-state index contributed by atoms with van der Waals surface area (Å²) < 4.78 is 5.20. The van der Waals surface area contributed by atoms with E-state index in [0.717, 1.165) is 5.69 Å². The van der Waals surface area contributed by atoms with Gasteiger partial charge in [-0.1, -0.05) is 60.7 Å². The van der Waals surface area contributed by atoms with Gasteiger partial charge in [0.15, 0.2) is 5.54 Å². The number of nitrogens with one attached hydrogen (secondary N) is 1. The van der Waals surface area contributed by atoms with Crippen molar-refractivity contribution in [2.45, 2.75) is 5.54 Å². The highest BCUT2D eigenvalue weighted by molar-refractivity contribution is 5.89. The zero-order valence-electron chi connectivity index (χ0n) is 13.8. The van der Waals surface area contributed by atoms with E-state index in [4.69, 9.17) is 4.74 Å². The average molecular weight is 333 g/mol. The van der Waals surface area contributed by atoms with Crippen LogP contribution in [0.5, 0.6) is 5.75 Å². The van der Waals surface area contributed by atoms with Crippen molar-refractivity contribution in [3.63, 3.8) is 0 Å². The fraction of sp³-hybridized carbons (Fsp3) is 0.0952. The van der Waals surface area contributed by atoms with E-state index in [0.29, 0.717) is 16.9 Å². The van der Waals surface area contributed by atoms with E-state index in [9.17, 15) is 9.90 Å². The lowest BCUT2D eigenvalue weighted by atomic mass is 9.82. The Morgan fingerprint density at radius 3 is 1.88 bits per heavy atom. The van der Waals surface area contributed by atoms with Gasteiger partial charge >= 0.3 is 5.97 Å². The van der Waals surface area contributed by atoms with E-state index in [1.165, 1.54) is 0 Å². The van der Waals surface area contributed by atoms with Crippen LogP contribution in [-0.4, -0.2) is 18.2 Å². The van der Waals surface area contributed by atoms with Crippen molar-refractivity contribution in [2.75, 3.05) is 12.4 Å². The fourth-order valence-electron chi connectivity index (χ4n) is 2.88. The van der Waals surface area contributed by atoms with Crippen LogP contribution in [0.1, 0.15) is 11.1 Å². The molecular formula is C21H19NO3. The van der Waals surface area contributed by atoms with Crippen LogP contribution in [0.2, 0.25) is 0 Å². The summed E-state index contributed by atoms with van der Waals surface area (Å²) in [6.07, 6.45) is 0. The lowest BCUT2D eigenvalue weighted by Gasteiger charge is -2.33. The Morgan fingerprint density at radius 2 is 1.36 bits per heavy atom. The Balaban J connectivity index is 2.19. The van der Waals surface area contributed by atoms with Crippen LogP contribution in [0.25, 0.3) is 0 Å². The van der Waals surface area contributed by atoms with E-state index < -0.39 is 11.5 Å². The molecule has 0 heterocycles. The Morgan fingerprint density at radius 1 is 0.840 bits per heavy atom. The van der Waals surface area contributed by atoms with Crippen LogP contribution < -0.4 is 10.1 Å². The second-order valence-electron chi connectivity index (χ2n) is 5.64. The summed E-state index contributed by atoms with van der Waals surface area (Å²) >= 11 is 0. The third-order valence-electron chi connectivity index (χ3n) is 4.16. The minimum atomic E-state index is -1.41. The van der Waals surface area contributed by atoms with E-state index in [1.807, 2.05) is 60.7 Å². The predicted molar refractivity (Wildman–Crippen MR) is 97.9 cm³/mol. The molecule has 0 aromatic heterocycles. The molecule has 0 fully saturated rings. The summed E-state index contributed by atoms with van der Waals surface area (Å²) in [5.74, 6) is -0.302. The van der Waals surface area contributed by atoms with Crippen LogP contribution in [0.4, 0.5) is 5.69 Å². The maximum atomic E-state index is 12.5. The standard InChI is InChI=1S/C21H19NO3/c1-25-19-14-12-17(13-15-19)21(20(23)24,16-8-4-2-5-9-16)22-18-10-6-3-7-11-18/h2-15,22H,1H3,(H,23,24). The second-order valence-corrected chi connectivity index (χ2v) is 5.64. The van der Waals surface area contributed by atoms with Crippen LogP contribution in [0, 0.1) is 0 Å². The number of carboxylic acids is 1. The Bertz CT molecular complexity index is 832. The van der Waals surface area contributed by atoms with E-state index in [2.05, 4.69) is 5.32 Å². The predicted octanol–water partition coefficient (Wildman–Crippen LogP) is 4.14. The molecule has 25 heavy (non-hydrogen) atoms. The number of aliphatic carboxylic acids is 1. The smallest absolute Gasteiger partial charge is 0.338 e. The number of methoxy groups -OCH3 is 1. The Labute approximate surface area is 146 Å². The van der Waals surface area contributed by atoms with Gasteiger partial charge in [0.2, 0.25) is 0 Å². The van der Waals surface area contributed by atoms with E-state index >= 15 is 0 Å². The quantitative estimate of drug-likeness (QED) is 0.712. The minimum absolute atomic E-state index is 0.621. The maximum Gasteiger partial charge on any atom is 0.338 e. The van der Waals surface area contributed by atoms with E-state index in [1.54, 1.807) is 31.4 Å². The zero-order chi connectivity index (χ0) is 17.7. The lowest BCUT2D eigenvalue weighted by Crippen LogP contribution is -2.44. The molecule has 0 spiro atoms. The van der Waals surface area contributed by atoms with Gasteiger partial charge in [-0.3, -0.25) is 0 Å². The van der Waals surface area contributed by atoms with Crippen LogP contribution >= 0.6 is 0 Å². The number of hydrogen-bond acceptors (Lipinski definition) is 3. The Kier molecular flexibility index (Phi) is 4.70. The molecule has 0 amide bonds. The van der Waals surface area contributed by atoms with Gasteiger partial charge < -0.3 is 15.2 Å². The number of rotatable bonds is 6. The summed E-state index contributed by atoms with van der Waals surface area (Å²) in [5.41, 5.74) is 0.589. The van der Waals surface area contributed by atoms with Gasteiger partial charge in [-0.2, -0.15) is 0 Å². The number of benzene rings is 3. The average Bonchev–Trinajstić information content (AvgIpc) is 2.67. The molecule has 3 aromatic rings. The summed E-state index contributed by atoms with van der Waals surface area (Å²) in [6, 6.07) is 25.6. The third kappa shape index (κ3) is 3.19.